The molecule has 0 N–H and O–H groups in total. The molecule has 0 radical (unpaired) electrons. The van der Waals surface area contributed by atoms with Crippen LogP contribution in [-0.4, -0.2) is 14.5 Å². The molecule has 0 fully saturated rings. The summed E-state index contributed by atoms with van der Waals surface area (Å²) in [6.07, 6.45) is 1.93. The van der Waals surface area contributed by atoms with Crippen LogP contribution < -0.4 is 0 Å². The summed E-state index contributed by atoms with van der Waals surface area (Å²) in [6, 6.07) is 74.0. The molecule has 0 aliphatic rings. The van der Waals surface area contributed by atoms with Crippen molar-refractivity contribution in [1.29, 1.82) is 0 Å². The highest BCUT2D eigenvalue weighted by Gasteiger charge is 2.23. The van der Waals surface area contributed by atoms with E-state index in [2.05, 4.69) is 205 Å². The van der Waals surface area contributed by atoms with E-state index in [0.29, 0.717) is 0 Å². The third-order valence-electron chi connectivity index (χ3n) is 13.2. The Morgan fingerprint density at radius 2 is 1.15 bits per heavy atom. The first-order chi connectivity index (χ1) is 32.2. The molecule has 0 bridgehead atoms. The van der Waals surface area contributed by atoms with Gasteiger partial charge in [-0.1, -0.05) is 146 Å². The third-order valence-corrected chi connectivity index (χ3v) is 14.4. The van der Waals surface area contributed by atoms with E-state index in [1.54, 1.807) is 0 Å². The number of fused-ring (bicyclic) bond motifs is 12. The Hall–Kier alpha value is -8.38. The van der Waals surface area contributed by atoms with Gasteiger partial charge in [0.1, 0.15) is 5.58 Å². The third kappa shape index (κ3) is 5.49. The molecule has 4 nitrogen and oxygen atoms in total. The normalized spacial score (nSPS) is 12.0. The fraction of sp³-hybridized carbons (Fsp3) is 0. The number of rotatable bonds is 5. The van der Waals surface area contributed by atoms with Crippen LogP contribution in [0.4, 0.5) is 0 Å². The van der Waals surface area contributed by atoms with E-state index in [1.165, 1.54) is 42.1 Å². The molecule has 5 heteroatoms. The summed E-state index contributed by atoms with van der Waals surface area (Å²) in [4.78, 5) is 10.2. The van der Waals surface area contributed by atoms with Gasteiger partial charge in [-0.05, 0) is 94.0 Å². The van der Waals surface area contributed by atoms with Crippen LogP contribution in [0.25, 0.3) is 136 Å². The lowest BCUT2D eigenvalue weighted by atomic mass is 9.92. The second kappa shape index (κ2) is 14.1. The van der Waals surface area contributed by atoms with Gasteiger partial charge in [0.25, 0.3) is 0 Å². The number of hydrogen-bond donors (Lipinski definition) is 0. The molecule has 5 aromatic heterocycles. The molecule has 65 heavy (non-hydrogen) atoms. The quantitative estimate of drug-likeness (QED) is 0.162. The minimum absolute atomic E-state index is 0.832. The Labute approximate surface area is 376 Å². The van der Waals surface area contributed by atoms with Crippen molar-refractivity contribution in [2.75, 3.05) is 0 Å². The van der Waals surface area contributed by atoms with Crippen LogP contribution in [0.15, 0.2) is 217 Å². The molecule has 5 heterocycles. The van der Waals surface area contributed by atoms with Crippen LogP contribution in [-0.2, 0) is 0 Å². The maximum absolute atomic E-state index is 7.20. The fourth-order valence-electron chi connectivity index (χ4n) is 10.3. The van der Waals surface area contributed by atoms with Crippen molar-refractivity contribution in [3.63, 3.8) is 0 Å². The molecule has 14 aromatic rings. The van der Waals surface area contributed by atoms with Gasteiger partial charge in [0.15, 0.2) is 5.58 Å². The van der Waals surface area contributed by atoms with Crippen molar-refractivity contribution in [2.24, 2.45) is 0 Å². The van der Waals surface area contributed by atoms with Crippen LogP contribution in [0.1, 0.15) is 0 Å². The molecule has 0 atom stereocenters. The Bertz CT molecular complexity index is 4240. The van der Waals surface area contributed by atoms with Crippen molar-refractivity contribution in [1.82, 2.24) is 14.5 Å². The molecule has 302 valence electrons. The van der Waals surface area contributed by atoms with Crippen molar-refractivity contribution in [3.05, 3.63) is 212 Å². The summed E-state index contributed by atoms with van der Waals surface area (Å²) in [5, 5.41) is 9.25. The fourth-order valence-corrected chi connectivity index (χ4v) is 11.4. The van der Waals surface area contributed by atoms with Gasteiger partial charge in [-0.15, -0.1) is 11.3 Å². The molecule has 0 aliphatic carbocycles. The maximum Gasteiger partial charge on any atom is 0.159 e. The lowest BCUT2D eigenvalue weighted by molar-refractivity contribution is 0.666. The van der Waals surface area contributed by atoms with E-state index >= 15 is 0 Å². The first-order valence-electron chi connectivity index (χ1n) is 22.0. The van der Waals surface area contributed by atoms with E-state index < -0.39 is 0 Å². The second-order valence-electron chi connectivity index (χ2n) is 16.8. The number of benzene rings is 9. The minimum atomic E-state index is 0.832. The first-order valence-corrected chi connectivity index (χ1v) is 22.8. The molecule has 0 saturated heterocycles. The van der Waals surface area contributed by atoms with E-state index in [9.17, 15) is 0 Å². The average Bonchev–Trinajstić information content (AvgIpc) is 4.06. The average molecular weight is 846 g/mol. The number of thiophene rings is 1. The number of pyridine rings is 2. The molecule has 0 aliphatic heterocycles. The predicted molar refractivity (Wildman–Crippen MR) is 273 cm³/mol. The first kappa shape index (κ1) is 36.1. The van der Waals surface area contributed by atoms with Crippen molar-refractivity contribution in [2.45, 2.75) is 0 Å². The van der Waals surface area contributed by atoms with Gasteiger partial charge in [0.05, 0.1) is 33.4 Å². The summed E-state index contributed by atoms with van der Waals surface area (Å²) in [6.45, 7) is 0. The molecule has 0 spiro atoms. The minimum Gasteiger partial charge on any atom is -0.454 e. The summed E-state index contributed by atoms with van der Waals surface area (Å²) >= 11 is 1.86. The zero-order valence-electron chi connectivity index (χ0n) is 34.9. The van der Waals surface area contributed by atoms with Gasteiger partial charge < -0.3 is 8.98 Å². The molecule has 0 saturated carbocycles. The Morgan fingerprint density at radius 1 is 0.415 bits per heavy atom. The molecule has 9 aromatic carbocycles. The van der Waals surface area contributed by atoms with Gasteiger partial charge in [0.2, 0.25) is 0 Å². The van der Waals surface area contributed by atoms with Crippen LogP contribution >= 0.6 is 11.3 Å². The van der Waals surface area contributed by atoms with E-state index in [4.69, 9.17) is 14.4 Å². The van der Waals surface area contributed by atoms with Gasteiger partial charge in [-0.3, -0.25) is 4.98 Å². The zero-order chi connectivity index (χ0) is 42.6. The molecular weight excluding hydrogens is 811 g/mol. The smallest absolute Gasteiger partial charge is 0.159 e. The summed E-state index contributed by atoms with van der Waals surface area (Å²) in [7, 11) is 0. The highest BCUT2D eigenvalue weighted by Crippen LogP contribution is 2.46. The summed E-state index contributed by atoms with van der Waals surface area (Å²) in [5.41, 5.74) is 15.5. The topological polar surface area (TPSA) is 43.9 Å². The Morgan fingerprint density at radius 3 is 2.05 bits per heavy atom. The van der Waals surface area contributed by atoms with Crippen molar-refractivity contribution < 1.29 is 4.42 Å². The maximum atomic E-state index is 7.20. The van der Waals surface area contributed by atoms with E-state index in [0.717, 1.165) is 94.0 Å². The zero-order valence-corrected chi connectivity index (χ0v) is 35.7. The molecule has 14 rings (SSSR count). The Balaban J connectivity index is 1.01. The van der Waals surface area contributed by atoms with Gasteiger partial charge in [0, 0.05) is 64.2 Å². The summed E-state index contributed by atoms with van der Waals surface area (Å²) < 4.78 is 12.2. The van der Waals surface area contributed by atoms with Crippen molar-refractivity contribution >= 4 is 97.1 Å². The number of para-hydroxylation sites is 2. The van der Waals surface area contributed by atoms with E-state index in [1.807, 2.05) is 23.6 Å². The standard InChI is InChI=1S/C60H35N3OS/c1-3-13-36(14-4-1)40-34-48(42-31-32-61-59-44(42)28-25-38-26-29-49(62-58(38)59)37-15-5-2-6-16-37)56-46-20-11-22-52(60(46)64-53(56)35-40)63-50-21-9-7-17-43(50)47-33-39(27-30-51(47)63)41-19-12-24-55-57(41)45-18-8-10-23-54(45)65-55/h1-35H. The summed E-state index contributed by atoms with van der Waals surface area (Å²) in [5.74, 6) is 0. The van der Waals surface area contributed by atoms with E-state index in [-0.39, 0.29) is 0 Å². The molecule has 0 amide bonds. The van der Waals surface area contributed by atoms with Gasteiger partial charge >= 0.3 is 0 Å². The number of furan rings is 1. The highest BCUT2D eigenvalue weighted by atomic mass is 32.1. The monoisotopic (exact) mass is 845 g/mol. The molecular formula is C60H35N3OS. The van der Waals surface area contributed by atoms with Crippen LogP contribution in [0.3, 0.4) is 0 Å². The van der Waals surface area contributed by atoms with Crippen LogP contribution in [0.2, 0.25) is 0 Å². The second-order valence-corrected chi connectivity index (χ2v) is 17.9. The largest absolute Gasteiger partial charge is 0.454 e. The van der Waals surface area contributed by atoms with Gasteiger partial charge in [-0.2, -0.15) is 0 Å². The van der Waals surface area contributed by atoms with Gasteiger partial charge in [-0.25, -0.2) is 4.98 Å². The number of nitrogens with zero attached hydrogens (tertiary/aromatic N) is 3. The highest BCUT2D eigenvalue weighted by molar-refractivity contribution is 7.25. The molecule has 0 unspecified atom stereocenters. The Kier molecular flexibility index (Phi) is 7.82. The lowest BCUT2D eigenvalue weighted by Crippen LogP contribution is -1.94. The SMILES string of the molecule is c1ccc(-c2cc(-c3ccnc4c3ccc3ccc(-c5ccccc5)nc34)c3c(c2)oc2c(-n4c5ccccc5c5cc(-c6cccc7sc8ccccc8c67)ccc54)cccc23)cc1. The van der Waals surface area contributed by atoms with Crippen molar-refractivity contribution in [3.8, 4) is 50.3 Å². The predicted octanol–water partition coefficient (Wildman–Crippen LogP) is 16.8. The van der Waals surface area contributed by atoms with Crippen LogP contribution in [0.5, 0.6) is 0 Å². The number of aromatic nitrogens is 3. The number of hydrogen-bond acceptors (Lipinski definition) is 4. The van der Waals surface area contributed by atoms with Crippen LogP contribution in [0, 0.1) is 0 Å². The lowest BCUT2D eigenvalue weighted by Gasteiger charge is -2.13.